The fourth-order valence-corrected chi connectivity index (χ4v) is 2.97. The predicted octanol–water partition coefficient (Wildman–Crippen LogP) is 3.39. The van der Waals surface area contributed by atoms with Gasteiger partial charge >= 0.3 is 0 Å². The van der Waals surface area contributed by atoms with Crippen molar-refractivity contribution in [3.05, 3.63) is 81.1 Å². The maximum Gasteiger partial charge on any atom is 0.251 e. The zero-order valence-corrected chi connectivity index (χ0v) is 14.6. The van der Waals surface area contributed by atoms with Gasteiger partial charge in [-0.05, 0) is 42.8 Å². The van der Waals surface area contributed by atoms with E-state index < -0.39 is 0 Å². The summed E-state index contributed by atoms with van der Waals surface area (Å²) in [6.45, 7) is 4.50. The molecule has 0 bridgehead atoms. The summed E-state index contributed by atoms with van der Waals surface area (Å²) in [6, 6.07) is 15.8. The van der Waals surface area contributed by atoms with E-state index in [0.29, 0.717) is 24.9 Å². The van der Waals surface area contributed by atoms with Crippen LogP contribution in [-0.4, -0.2) is 10.9 Å². The molecule has 0 aliphatic heterocycles. The van der Waals surface area contributed by atoms with Crippen LogP contribution in [-0.2, 0) is 17.8 Å². The Bertz CT molecular complexity index is 973. The molecule has 0 fully saturated rings. The SMILES string of the molecule is Cc1cccc(CNC(=O)CCc2cc3cccc(C)c3[nH]c2=O)c1. The van der Waals surface area contributed by atoms with Crippen LogP contribution in [0.4, 0.5) is 0 Å². The number of fused-ring (bicyclic) bond motifs is 1. The zero-order valence-electron chi connectivity index (χ0n) is 14.6. The van der Waals surface area contributed by atoms with Gasteiger partial charge in [0.25, 0.3) is 5.56 Å². The number of aryl methyl sites for hydroxylation is 3. The summed E-state index contributed by atoms with van der Waals surface area (Å²) in [5, 5.41) is 3.91. The minimum Gasteiger partial charge on any atom is -0.352 e. The molecule has 4 heteroatoms. The van der Waals surface area contributed by atoms with Gasteiger partial charge in [0.15, 0.2) is 0 Å². The fraction of sp³-hybridized carbons (Fsp3) is 0.238. The highest BCUT2D eigenvalue weighted by atomic mass is 16.1. The van der Waals surface area contributed by atoms with E-state index in [1.165, 1.54) is 5.56 Å². The standard InChI is InChI=1S/C21H22N2O2/c1-14-5-3-7-16(11-14)13-22-19(24)10-9-18-12-17-8-4-6-15(2)20(17)23-21(18)25/h3-8,11-12H,9-10,13H2,1-2H3,(H,22,24)(H,23,25). The second-order valence-corrected chi connectivity index (χ2v) is 6.43. The van der Waals surface area contributed by atoms with E-state index in [4.69, 9.17) is 0 Å². The van der Waals surface area contributed by atoms with E-state index in [-0.39, 0.29) is 11.5 Å². The maximum atomic E-state index is 12.2. The lowest BCUT2D eigenvalue weighted by Gasteiger charge is -2.07. The molecule has 2 N–H and O–H groups in total. The van der Waals surface area contributed by atoms with Crippen LogP contribution < -0.4 is 10.9 Å². The number of carbonyl (C=O) groups excluding carboxylic acids is 1. The number of pyridine rings is 1. The third kappa shape index (κ3) is 4.15. The van der Waals surface area contributed by atoms with E-state index in [1.54, 1.807) is 0 Å². The Morgan fingerprint density at radius 3 is 2.68 bits per heavy atom. The summed E-state index contributed by atoms with van der Waals surface area (Å²) >= 11 is 0. The Morgan fingerprint density at radius 1 is 1.08 bits per heavy atom. The molecule has 128 valence electrons. The van der Waals surface area contributed by atoms with Gasteiger partial charge in [-0.1, -0.05) is 48.0 Å². The molecule has 2 aromatic carbocycles. The van der Waals surface area contributed by atoms with Crippen LogP contribution in [0.3, 0.4) is 0 Å². The number of amides is 1. The first-order chi connectivity index (χ1) is 12.0. The van der Waals surface area contributed by atoms with Gasteiger partial charge in [0.05, 0.1) is 5.52 Å². The molecule has 3 rings (SSSR count). The lowest BCUT2D eigenvalue weighted by molar-refractivity contribution is -0.121. The second kappa shape index (κ2) is 7.34. The van der Waals surface area contributed by atoms with Crippen LogP contribution in [0.1, 0.15) is 28.7 Å². The summed E-state index contributed by atoms with van der Waals surface area (Å²) in [6.07, 6.45) is 0.727. The van der Waals surface area contributed by atoms with Crippen molar-refractivity contribution in [2.45, 2.75) is 33.2 Å². The minimum absolute atomic E-state index is 0.0507. The zero-order chi connectivity index (χ0) is 17.8. The smallest absolute Gasteiger partial charge is 0.251 e. The summed E-state index contributed by atoms with van der Waals surface area (Å²) in [4.78, 5) is 27.2. The van der Waals surface area contributed by atoms with Crippen LogP contribution in [0.25, 0.3) is 10.9 Å². The predicted molar refractivity (Wildman–Crippen MR) is 101 cm³/mol. The molecule has 0 atom stereocenters. The molecule has 0 radical (unpaired) electrons. The first-order valence-corrected chi connectivity index (χ1v) is 8.47. The van der Waals surface area contributed by atoms with E-state index in [0.717, 1.165) is 22.0 Å². The van der Waals surface area contributed by atoms with Gasteiger partial charge < -0.3 is 10.3 Å². The summed E-state index contributed by atoms with van der Waals surface area (Å²) < 4.78 is 0. The molecule has 4 nitrogen and oxygen atoms in total. The maximum absolute atomic E-state index is 12.2. The Morgan fingerprint density at radius 2 is 1.88 bits per heavy atom. The highest BCUT2D eigenvalue weighted by Crippen LogP contribution is 2.15. The number of H-pyrrole nitrogens is 1. The molecule has 0 saturated carbocycles. The average Bonchev–Trinajstić information content (AvgIpc) is 2.59. The number of nitrogens with one attached hydrogen (secondary N) is 2. The lowest BCUT2D eigenvalue weighted by atomic mass is 10.1. The molecular formula is C21H22N2O2. The second-order valence-electron chi connectivity index (χ2n) is 6.43. The van der Waals surface area contributed by atoms with Crippen molar-refractivity contribution in [3.63, 3.8) is 0 Å². The molecule has 0 spiro atoms. The minimum atomic E-state index is -0.117. The van der Waals surface area contributed by atoms with Crippen molar-refractivity contribution < 1.29 is 4.79 Å². The van der Waals surface area contributed by atoms with Crippen LogP contribution >= 0.6 is 0 Å². The summed E-state index contributed by atoms with van der Waals surface area (Å²) in [5.41, 5.74) is 4.67. The van der Waals surface area contributed by atoms with E-state index in [9.17, 15) is 9.59 Å². The number of hydrogen-bond donors (Lipinski definition) is 2. The molecule has 25 heavy (non-hydrogen) atoms. The highest BCUT2D eigenvalue weighted by molar-refractivity contribution is 5.82. The number of aromatic amines is 1. The van der Waals surface area contributed by atoms with Gasteiger partial charge in [-0.2, -0.15) is 0 Å². The first-order valence-electron chi connectivity index (χ1n) is 8.47. The topological polar surface area (TPSA) is 62.0 Å². The monoisotopic (exact) mass is 334 g/mol. The van der Waals surface area contributed by atoms with Crippen LogP contribution in [0.2, 0.25) is 0 Å². The van der Waals surface area contributed by atoms with Gasteiger partial charge in [-0.3, -0.25) is 9.59 Å². The molecule has 0 aliphatic rings. The summed E-state index contributed by atoms with van der Waals surface area (Å²) in [7, 11) is 0. The number of para-hydroxylation sites is 1. The van der Waals surface area contributed by atoms with Crippen molar-refractivity contribution in [1.82, 2.24) is 10.3 Å². The van der Waals surface area contributed by atoms with Crippen molar-refractivity contribution in [2.24, 2.45) is 0 Å². The molecule has 1 heterocycles. The van der Waals surface area contributed by atoms with Gasteiger partial charge in [0, 0.05) is 18.5 Å². The number of rotatable bonds is 5. The first kappa shape index (κ1) is 17.0. The van der Waals surface area contributed by atoms with Crippen molar-refractivity contribution in [2.75, 3.05) is 0 Å². The van der Waals surface area contributed by atoms with E-state index in [2.05, 4.69) is 16.4 Å². The molecule has 1 amide bonds. The molecule has 0 unspecified atom stereocenters. The highest BCUT2D eigenvalue weighted by Gasteiger charge is 2.08. The van der Waals surface area contributed by atoms with Gasteiger partial charge in [-0.25, -0.2) is 0 Å². The third-order valence-corrected chi connectivity index (χ3v) is 4.36. The number of carbonyl (C=O) groups is 1. The normalized spacial score (nSPS) is 10.8. The van der Waals surface area contributed by atoms with Crippen LogP contribution in [0.15, 0.2) is 53.3 Å². The van der Waals surface area contributed by atoms with Gasteiger partial charge in [0.2, 0.25) is 5.91 Å². The van der Waals surface area contributed by atoms with Gasteiger partial charge in [0.1, 0.15) is 0 Å². The summed E-state index contributed by atoms with van der Waals surface area (Å²) in [5.74, 6) is -0.0507. The Balaban J connectivity index is 1.63. The fourth-order valence-electron chi connectivity index (χ4n) is 2.97. The average molecular weight is 334 g/mol. The number of benzene rings is 2. The van der Waals surface area contributed by atoms with Gasteiger partial charge in [-0.15, -0.1) is 0 Å². The molecule has 0 saturated heterocycles. The van der Waals surface area contributed by atoms with Crippen LogP contribution in [0.5, 0.6) is 0 Å². The molecule has 1 aromatic heterocycles. The van der Waals surface area contributed by atoms with Crippen molar-refractivity contribution in [3.8, 4) is 0 Å². The largest absolute Gasteiger partial charge is 0.352 e. The quantitative estimate of drug-likeness (QED) is 0.751. The van der Waals surface area contributed by atoms with E-state index >= 15 is 0 Å². The molecular weight excluding hydrogens is 312 g/mol. The van der Waals surface area contributed by atoms with E-state index in [1.807, 2.05) is 56.3 Å². The number of aromatic nitrogens is 1. The molecule has 0 aliphatic carbocycles. The third-order valence-electron chi connectivity index (χ3n) is 4.36. The van der Waals surface area contributed by atoms with Crippen molar-refractivity contribution >= 4 is 16.8 Å². The Labute approximate surface area is 146 Å². The van der Waals surface area contributed by atoms with Crippen molar-refractivity contribution in [1.29, 1.82) is 0 Å². The van der Waals surface area contributed by atoms with Crippen LogP contribution in [0, 0.1) is 13.8 Å². The number of hydrogen-bond acceptors (Lipinski definition) is 2. The molecule has 3 aromatic rings. The Hall–Kier alpha value is -2.88. The lowest BCUT2D eigenvalue weighted by Crippen LogP contribution is -2.24. The Kier molecular flexibility index (Phi) is 4.98.